The second-order valence-electron chi connectivity index (χ2n) is 7.63. The van der Waals surface area contributed by atoms with Crippen LogP contribution in [0.4, 0.5) is 19.0 Å². The van der Waals surface area contributed by atoms with Crippen LogP contribution in [-0.4, -0.2) is 30.2 Å². The molecule has 35 heavy (non-hydrogen) atoms. The highest BCUT2D eigenvalue weighted by Crippen LogP contribution is 2.34. The van der Waals surface area contributed by atoms with Crippen molar-refractivity contribution in [2.75, 3.05) is 19.0 Å². The molecule has 2 aromatic carbocycles. The van der Waals surface area contributed by atoms with Crippen LogP contribution < -0.4 is 10.1 Å². The number of nitrogens with zero attached hydrogens (tertiary/aromatic N) is 2. The van der Waals surface area contributed by atoms with Crippen molar-refractivity contribution < 1.29 is 22.6 Å². The van der Waals surface area contributed by atoms with E-state index in [9.17, 15) is 13.2 Å². The van der Waals surface area contributed by atoms with Gasteiger partial charge in [-0.3, -0.25) is 0 Å². The zero-order valence-corrected chi connectivity index (χ0v) is 19.9. The second kappa shape index (κ2) is 12.6. The summed E-state index contributed by atoms with van der Waals surface area (Å²) in [5, 5.41) is 4.02. The number of methoxy groups -OCH3 is 1. The molecular formula is C27H28F3N3O2. The maximum absolute atomic E-state index is 13.4. The number of anilines is 1. The van der Waals surface area contributed by atoms with Crippen molar-refractivity contribution in [3.63, 3.8) is 0 Å². The Bertz CT molecular complexity index is 1220. The number of nitrogens with one attached hydrogen (secondary N) is 1. The SMILES string of the molecule is C\C=C(/C=C\C(=C\CCC)OC(F)F)CNc1ncnc2c(OC)cc(-c3ccc(F)cc3)cc12. The van der Waals surface area contributed by atoms with E-state index in [0.29, 0.717) is 30.0 Å². The number of unbranched alkanes of at least 4 members (excludes halogenated alkanes) is 1. The van der Waals surface area contributed by atoms with Gasteiger partial charge in [-0.05, 0) is 66.5 Å². The number of ether oxygens (including phenoxy) is 2. The molecule has 1 aromatic heterocycles. The molecule has 0 bridgehead atoms. The number of hydrogen-bond acceptors (Lipinski definition) is 5. The van der Waals surface area contributed by atoms with Crippen molar-refractivity contribution >= 4 is 16.7 Å². The van der Waals surface area contributed by atoms with Gasteiger partial charge < -0.3 is 14.8 Å². The van der Waals surface area contributed by atoms with E-state index in [-0.39, 0.29) is 11.6 Å². The van der Waals surface area contributed by atoms with Crippen LogP contribution in [0.2, 0.25) is 0 Å². The molecule has 0 fully saturated rings. The van der Waals surface area contributed by atoms with E-state index in [1.54, 1.807) is 31.4 Å². The Labute approximate surface area is 203 Å². The fourth-order valence-corrected chi connectivity index (χ4v) is 3.42. The summed E-state index contributed by atoms with van der Waals surface area (Å²) >= 11 is 0. The van der Waals surface area contributed by atoms with Crippen LogP contribution >= 0.6 is 0 Å². The maximum atomic E-state index is 13.4. The highest BCUT2D eigenvalue weighted by molar-refractivity contribution is 5.96. The fourth-order valence-electron chi connectivity index (χ4n) is 3.42. The highest BCUT2D eigenvalue weighted by atomic mass is 19.3. The van der Waals surface area contributed by atoms with Gasteiger partial charge in [0, 0.05) is 11.9 Å². The van der Waals surface area contributed by atoms with E-state index in [0.717, 1.165) is 28.5 Å². The molecule has 0 aliphatic rings. The molecule has 1 heterocycles. The first-order valence-corrected chi connectivity index (χ1v) is 11.3. The first-order chi connectivity index (χ1) is 16.9. The van der Waals surface area contributed by atoms with Crippen LogP contribution in [0.1, 0.15) is 26.7 Å². The lowest BCUT2D eigenvalue weighted by Crippen LogP contribution is -2.06. The van der Waals surface area contributed by atoms with Crippen molar-refractivity contribution in [1.82, 2.24) is 9.97 Å². The molecule has 0 atom stereocenters. The van der Waals surface area contributed by atoms with Crippen LogP contribution in [0, 0.1) is 5.82 Å². The van der Waals surface area contributed by atoms with Crippen LogP contribution in [0.5, 0.6) is 5.75 Å². The number of allylic oxidation sites excluding steroid dienone is 3. The van der Waals surface area contributed by atoms with Gasteiger partial charge in [0.2, 0.25) is 0 Å². The summed E-state index contributed by atoms with van der Waals surface area (Å²) in [6.07, 6.45) is 9.68. The van der Waals surface area contributed by atoms with Crippen molar-refractivity contribution in [3.05, 3.63) is 84.2 Å². The Morgan fingerprint density at radius 2 is 1.86 bits per heavy atom. The van der Waals surface area contributed by atoms with Crippen LogP contribution in [0.25, 0.3) is 22.0 Å². The molecule has 0 unspecified atom stereocenters. The predicted molar refractivity (Wildman–Crippen MR) is 133 cm³/mol. The summed E-state index contributed by atoms with van der Waals surface area (Å²) in [6.45, 7) is 1.33. The summed E-state index contributed by atoms with van der Waals surface area (Å²) in [4.78, 5) is 8.75. The minimum atomic E-state index is -2.88. The third-order valence-corrected chi connectivity index (χ3v) is 5.25. The summed E-state index contributed by atoms with van der Waals surface area (Å²) < 4.78 is 48.9. The van der Waals surface area contributed by atoms with Gasteiger partial charge in [0.05, 0.1) is 7.11 Å². The molecule has 0 radical (unpaired) electrons. The van der Waals surface area contributed by atoms with Gasteiger partial charge in [-0.2, -0.15) is 8.78 Å². The smallest absolute Gasteiger partial charge is 0.387 e. The molecule has 0 spiro atoms. The second-order valence-corrected chi connectivity index (χ2v) is 7.63. The largest absolute Gasteiger partial charge is 0.494 e. The summed E-state index contributed by atoms with van der Waals surface area (Å²) in [6, 6.07) is 9.96. The molecule has 0 saturated heterocycles. The Balaban J connectivity index is 1.87. The van der Waals surface area contributed by atoms with Gasteiger partial charge in [0.15, 0.2) is 0 Å². The number of benzene rings is 2. The van der Waals surface area contributed by atoms with Gasteiger partial charge in [-0.15, -0.1) is 0 Å². The monoisotopic (exact) mass is 483 g/mol. The van der Waals surface area contributed by atoms with Gasteiger partial charge in [0.1, 0.15) is 35.0 Å². The summed E-state index contributed by atoms with van der Waals surface area (Å²) in [7, 11) is 1.56. The predicted octanol–water partition coefficient (Wildman–Crippen LogP) is 7.28. The third kappa shape index (κ3) is 7.09. The van der Waals surface area contributed by atoms with E-state index >= 15 is 0 Å². The molecule has 1 N–H and O–H groups in total. The molecule has 0 aliphatic heterocycles. The molecule has 0 saturated carbocycles. The normalized spacial score (nSPS) is 12.5. The highest BCUT2D eigenvalue weighted by Gasteiger charge is 2.12. The average molecular weight is 484 g/mol. The van der Waals surface area contributed by atoms with Crippen molar-refractivity contribution in [2.24, 2.45) is 0 Å². The van der Waals surface area contributed by atoms with Crippen LogP contribution in [-0.2, 0) is 4.74 Å². The Hall–Kier alpha value is -3.81. The Morgan fingerprint density at radius 3 is 2.51 bits per heavy atom. The lowest BCUT2D eigenvalue weighted by molar-refractivity contribution is -0.0922. The lowest BCUT2D eigenvalue weighted by atomic mass is 10.0. The molecule has 8 heteroatoms. The van der Waals surface area contributed by atoms with Crippen molar-refractivity contribution in [3.8, 4) is 16.9 Å². The van der Waals surface area contributed by atoms with E-state index in [2.05, 4.69) is 20.0 Å². The average Bonchev–Trinajstić information content (AvgIpc) is 2.86. The molecule has 184 valence electrons. The zero-order chi connectivity index (χ0) is 25.2. The number of fused-ring (bicyclic) bond motifs is 1. The summed E-state index contributed by atoms with van der Waals surface area (Å²) in [5.74, 6) is 0.956. The van der Waals surface area contributed by atoms with Crippen molar-refractivity contribution in [2.45, 2.75) is 33.3 Å². The minimum Gasteiger partial charge on any atom is -0.494 e. The van der Waals surface area contributed by atoms with Gasteiger partial charge in [-0.25, -0.2) is 14.4 Å². The zero-order valence-electron chi connectivity index (χ0n) is 19.9. The topological polar surface area (TPSA) is 56.3 Å². The quantitative estimate of drug-likeness (QED) is 0.229. The first kappa shape index (κ1) is 25.8. The van der Waals surface area contributed by atoms with E-state index in [4.69, 9.17) is 4.74 Å². The molecule has 3 rings (SSSR count). The van der Waals surface area contributed by atoms with Gasteiger partial charge in [-0.1, -0.05) is 37.6 Å². The lowest BCUT2D eigenvalue weighted by Gasteiger charge is -2.13. The van der Waals surface area contributed by atoms with Crippen molar-refractivity contribution in [1.29, 1.82) is 0 Å². The number of alkyl halides is 2. The summed E-state index contributed by atoms with van der Waals surface area (Å²) in [5.41, 5.74) is 3.12. The van der Waals surface area contributed by atoms with E-state index < -0.39 is 6.61 Å². The Kier molecular flexibility index (Phi) is 9.29. The van der Waals surface area contributed by atoms with Gasteiger partial charge >= 0.3 is 6.61 Å². The van der Waals surface area contributed by atoms with E-state index in [1.165, 1.54) is 24.5 Å². The van der Waals surface area contributed by atoms with Crippen LogP contribution in [0.15, 0.2) is 78.4 Å². The molecule has 5 nitrogen and oxygen atoms in total. The van der Waals surface area contributed by atoms with Crippen LogP contribution in [0.3, 0.4) is 0 Å². The molecular weight excluding hydrogens is 455 g/mol. The Morgan fingerprint density at radius 1 is 1.09 bits per heavy atom. The number of hydrogen-bond donors (Lipinski definition) is 1. The van der Waals surface area contributed by atoms with Gasteiger partial charge in [0.25, 0.3) is 0 Å². The molecule has 0 amide bonds. The minimum absolute atomic E-state index is 0.127. The number of rotatable bonds is 11. The fraction of sp³-hybridized carbons (Fsp3) is 0.259. The molecule has 0 aliphatic carbocycles. The standard InChI is InChI=1S/C27H28F3N3O2/c1-4-6-7-22(35-27(29)30)13-8-18(5-2)16-31-26-23-14-20(19-9-11-21(28)12-10-19)15-24(34-3)25(23)32-17-33-26/h5,7-15,17,27H,4,6,16H2,1-3H3,(H,31,32,33)/b13-8-,18-5+,22-7-. The van der Waals surface area contributed by atoms with E-state index in [1.807, 2.05) is 32.1 Å². The number of halogens is 3. The third-order valence-electron chi connectivity index (χ3n) is 5.25. The first-order valence-electron chi connectivity index (χ1n) is 11.3. The molecule has 3 aromatic rings. The number of aromatic nitrogens is 2. The maximum Gasteiger partial charge on any atom is 0.387 e.